The number of amides is 2. The molecule has 2 amide bonds. The number of carbonyl (C=O) groups is 2. The van der Waals surface area contributed by atoms with Gasteiger partial charge in [0.2, 0.25) is 5.91 Å². The minimum atomic E-state index is -0.605. The molecule has 0 aliphatic rings. The maximum Gasteiger partial charge on any atom is 0.271 e. The number of nitrogens with two attached hydrogens (primary N) is 1. The van der Waals surface area contributed by atoms with Crippen molar-refractivity contribution in [3.63, 3.8) is 0 Å². The van der Waals surface area contributed by atoms with E-state index >= 15 is 0 Å². The van der Waals surface area contributed by atoms with Crippen LogP contribution in [0.4, 0.5) is 0 Å². The van der Waals surface area contributed by atoms with E-state index in [0.717, 1.165) is 0 Å². The molecule has 2 aromatic rings. The fourth-order valence-corrected chi connectivity index (χ4v) is 1.32. The van der Waals surface area contributed by atoms with E-state index in [-0.39, 0.29) is 12.2 Å². The minimum absolute atomic E-state index is 0.157. The molecule has 0 saturated heterocycles. The number of fused-ring (bicyclic) bond motifs is 1. The van der Waals surface area contributed by atoms with Crippen LogP contribution in [0.5, 0.6) is 0 Å². The van der Waals surface area contributed by atoms with Gasteiger partial charge < -0.3 is 11.1 Å². The van der Waals surface area contributed by atoms with Crippen LogP contribution in [0.3, 0.4) is 0 Å². The molecule has 1 heterocycles. The second-order valence-corrected chi connectivity index (χ2v) is 3.39. The smallest absolute Gasteiger partial charge is 0.271 e. The topological polar surface area (TPSA) is 98.0 Å². The van der Waals surface area contributed by atoms with Crippen LogP contribution in [0, 0.1) is 0 Å². The fraction of sp³-hybridized carbons (Fsp3) is 0.0909. The molecular formula is C11H10N4O2. The quantitative estimate of drug-likeness (QED) is 0.765. The number of hydrogen-bond acceptors (Lipinski definition) is 4. The van der Waals surface area contributed by atoms with Crippen molar-refractivity contribution in [1.82, 2.24) is 15.3 Å². The van der Waals surface area contributed by atoms with Crippen molar-refractivity contribution < 1.29 is 9.59 Å². The second-order valence-electron chi connectivity index (χ2n) is 3.39. The lowest BCUT2D eigenvalue weighted by atomic mass is 10.3. The van der Waals surface area contributed by atoms with Crippen molar-refractivity contribution in [1.29, 1.82) is 0 Å². The van der Waals surface area contributed by atoms with Gasteiger partial charge in [-0.25, -0.2) is 4.98 Å². The molecule has 0 saturated carbocycles. The summed E-state index contributed by atoms with van der Waals surface area (Å²) in [6.07, 6.45) is 1.36. The number of primary amides is 1. The molecule has 0 unspecified atom stereocenters. The van der Waals surface area contributed by atoms with Crippen LogP contribution < -0.4 is 11.1 Å². The van der Waals surface area contributed by atoms with Gasteiger partial charge in [-0.1, -0.05) is 12.1 Å². The Morgan fingerprint density at radius 1 is 1.24 bits per heavy atom. The summed E-state index contributed by atoms with van der Waals surface area (Å²) in [5, 5.41) is 2.35. The lowest BCUT2D eigenvalue weighted by Crippen LogP contribution is -2.33. The summed E-state index contributed by atoms with van der Waals surface area (Å²) in [5.41, 5.74) is 6.41. The van der Waals surface area contributed by atoms with Gasteiger partial charge >= 0.3 is 0 Å². The van der Waals surface area contributed by atoms with Gasteiger partial charge in [0.15, 0.2) is 0 Å². The van der Waals surface area contributed by atoms with Crippen LogP contribution in [0.25, 0.3) is 11.0 Å². The number of rotatable bonds is 3. The second kappa shape index (κ2) is 4.56. The summed E-state index contributed by atoms with van der Waals surface area (Å²) in [5.74, 6) is -1.07. The van der Waals surface area contributed by atoms with Gasteiger partial charge in [-0.3, -0.25) is 14.6 Å². The van der Waals surface area contributed by atoms with E-state index < -0.39 is 11.8 Å². The summed E-state index contributed by atoms with van der Waals surface area (Å²) >= 11 is 0. The highest BCUT2D eigenvalue weighted by Crippen LogP contribution is 2.08. The van der Waals surface area contributed by atoms with E-state index in [1.165, 1.54) is 6.20 Å². The molecule has 0 fully saturated rings. The monoisotopic (exact) mass is 230 g/mol. The van der Waals surface area contributed by atoms with Gasteiger partial charge in [0.05, 0.1) is 23.8 Å². The maximum atomic E-state index is 11.6. The Balaban J connectivity index is 2.24. The largest absolute Gasteiger partial charge is 0.368 e. The first-order valence-corrected chi connectivity index (χ1v) is 4.95. The number of benzene rings is 1. The summed E-state index contributed by atoms with van der Waals surface area (Å²) in [4.78, 5) is 30.3. The van der Waals surface area contributed by atoms with Crippen molar-refractivity contribution >= 4 is 22.8 Å². The molecule has 1 aromatic heterocycles. The normalized spacial score (nSPS) is 10.1. The fourth-order valence-electron chi connectivity index (χ4n) is 1.32. The zero-order valence-corrected chi connectivity index (χ0v) is 8.88. The highest BCUT2D eigenvalue weighted by Gasteiger charge is 2.09. The number of nitrogens with zero attached hydrogens (tertiary/aromatic N) is 2. The third kappa shape index (κ3) is 2.54. The molecule has 0 atom stereocenters. The van der Waals surface area contributed by atoms with Gasteiger partial charge in [-0.2, -0.15) is 0 Å². The Kier molecular flexibility index (Phi) is 2.95. The van der Waals surface area contributed by atoms with Crippen LogP contribution in [0.15, 0.2) is 30.5 Å². The average Bonchev–Trinajstić information content (AvgIpc) is 2.35. The number of aromatic nitrogens is 2. The number of para-hydroxylation sites is 2. The first-order valence-electron chi connectivity index (χ1n) is 4.95. The third-order valence-electron chi connectivity index (χ3n) is 2.10. The summed E-state index contributed by atoms with van der Waals surface area (Å²) in [6, 6.07) is 7.20. The molecule has 6 nitrogen and oxygen atoms in total. The Morgan fingerprint density at radius 3 is 2.65 bits per heavy atom. The molecule has 17 heavy (non-hydrogen) atoms. The SMILES string of the molecule is NC(=O)CNC(=O)c1cnc2ccccc2n1. The summed E-state index contributed by atoms with van der Waals surface area (Å²) in [6.45, 7) is -0.215. The van der Waals surface area contributed by atoms with E-state index in [2.05, 4.69) is 15.3 Å². The van der Waals surface area contributed by atoms with Gasteiger partial charge in [-0.15, -0.1) is 0 Å². The Labute approximate surface area is 96.9 Å². The molecule has 0 bridgehead atoms. The van der Waals surface area contributed by atoms with Crippen molar-refractivity contribution in [3.05, 3.63) is 36.2 Å². The Hall–Kier alpha value is -2.50. The molecule has 86 valence electrons. The first-order chi connectivity index (χ1) is 8.16. The van der Waals surface area contributed by atoms with E-state index in [0.29, 0.717) is 11.0 Å². The predicted molar refractivity (Wildman–Crippen MR) is 61.1 cm³/mol. The maximum absolute atomic E-state index is 11.6. The van der Waals surface area contributed by atoms with Gasteiger partial charge in [0.1, 0.15) is 5.69 Å². The molecule has 1 aromatic carbocycles. The van der Waals surface area contributed by atoms with E-state index in [4.69, 9.17) is 5.73 Å². The predicted octanol–water partition coefficient (Wildman–Crippen LogP) is -0.155. The highest BCUT2D eigenvalue weighted by molar-refractivity contribution is 5.95. The first kappa shape index (κ1) is 11.0. The minimum Gasteiger partial charge on any atom is -0.368 e. The van der Waals surface area contributed by atoms with E-state index in [1.54, 1.807) is 12.1 Å². The molecule has 0 aliphatic carbocycles. The van der Waals surface area contributed by atoms with Crippen LogP contribution >= 0.6 is 0 Å². The van der Waals surface area contributed by atoms with E-state index in [9.17, 15) is 9.59 Å². The lowest BCUT2D eigenvalue weighted by molar-refractivity contribution is -0.117. The molecule has 2 rings (SSSR count). The highest BCUT2D eigenvalue weighted by atomic mass is 16.2. The molecular weight excluding hydrogens is 220 g/mol. The zero-order chi connectivity index (χ0) is 12.3. The van der Waals surface area contributed by atoms with Gasteiger partial charge in [-0.05, 0) is 12.1 Å². The zero-order valence-electron chi connectivity index (χ0n) is 8.88. The average molecular weight is 230 g/mol. The molecule has 0 radical (unpaired) electrons. The summed E-state index contributed by atoms with van der Waals surface area (Å²) in [7, 11) is 0. The standard InChI is InChI=1S/C11H10N4O2/c12-10(16)6-14-11(17)9-5-13-7-3-1-2-4-8(7)15-9/h1-5H,6H2,(H2,12,16)(H,14,17). The number of hydrogen-bond donors (Lipinski definition) is 2. The van der Waals surface area contributed by atoms with Gasteiger partial charge in [0, 0.05) is 0 Å². The lowest BCUT2D eigenvalue weighted by Gasteiger charge is -2.02. The van der Waals surface area contributed by atoms with Crippen molar-refractivity contribution in [2.24, 2.45) is 5.73 Å². The van der Waals surface area contributed by atoms with Crippen molar-refractivity contribution in [2.75, 3.05) is 6.54 Å². The molecule has 3 N–H and O–H groups in total. The number of carbonyl (C=O) groups excluding carboxylic acids is 2. The number of nitrogens with one attached hydrogen (secondary N) is 1. The Morgan fingerprint density at radius 2 is 1.94 bits per heavy atom. The molecule has 0 spiro atoms. The van der Waals surface area contributed by atoms with Crippen molar-refractivity contribution in [2.45, 2.75) is 0 Å². The van der Waals surface area contributed by atoms with E-state index in [1.807, 2.05) is 12.1 Å². The molecule has 6 heteroatoms. The summed E-state index contributed by atoms with van der Waals surface area (Å²) < 4.78 is 0. The Bertz CT molecular complexity index is 582. The van der Waals surface area contributed by atoms with Gasteiger partial charge in [0.25, 0.3) is 5.91 Å². The van der Waals surface area contributed by atoms with Crippen LogP contribution in [-0.4, -0.2) is 28.3 Å². The molecule has 0 aliphatic heterocycles. The van der Waals surface area contributed by atoms with Crippen LogP contribution in [0.2, 0.25) is 0 Å². The van der Waals surface area contributed by atoms with Crippen LogP contribution in [0.1, 0.15) is 10.5 Å². The third-order valence-corrected chi connectivity index (χ3v) is 2.10. The van der Waals surface area contributed by atoms with Crippen molar-refractivity contribution in [3.8, 4) is 0 Å². The van der Waals surface area contributed by atoms with Crippen LogP contribution in [-0.2, 0) is 4.79 Å².